The highest BCUT2D eigenvalue weighted by atomic mass is 79.9. The second kappa shape index (κ2) is 6.41. The molecule has 1 rings (SSSR count). The van der Waals surface area contributed by atoms with Gasteiger partial charge in [-0.2, -0.15) is 0 Å². The molecular weight excluding hydrogens is 262 g/mol. The van der Waals surface area contributed by atoms with E-state index < -0.39 is 0 Å². The van der Waals surface area contributed by atoms with Crippen LogP contribution < -0.4 is 5.32 Å². The largest absolute Gasteiger partial charge is 0.310 e. The van der Waals surface area contributed by atoms with Crippen LogP contribution in [0.25, 0.3) is 0 Å². The molecular formula is C14H22BrN. The molecule has 1 nitrogen and oxygen atoms in total. The minimum Gasteiger partial charge on any atom is -0.310 e. The fourth-order valence-corrected chi connectivity index (χ4v) is 2.16. The number of hydrogen-bond donors (Lipinski definition) is 1. The summed E-state index contributed by atoms with van der Waals surface area (Å²) >= 11 is 3.53. The summed E-state index contributed by atoms with van der Waals surface area (Å²) in [6, 6.07) is 7.16. The second-order valence-corrected chi connectivity index (χ2v) is 5.58. The van der Waals surface area contributed by atoms with E-state index in [-0.39, 0.29) is 0 Å². The molecule has 0 fully saturated rings. The first kappa shape index (κ1) is 13.7. The lowest BCUT2D eigenvalue weighted by molar-refractivity contribution is 0.387. The van der Waals surface area contributed by atoms with E-state index in [9.17, 15) is 0 Å². The smallest absolute Gasteiger partial charge is 0.0208 e. The molecule has 1 aromatic carbocycles. The van der Waals surface area contributed by atoms with Crippen LogP contribution >= 0.6 is 15.9 Å². The Balaban J connectivity index is 2.57. The summed E-state index contributed by atoms with van der Waals surface area (Å²) in [5.74, 6) is 0.696. The maximum absolute atomic E-state index is 3.62. The van der Waals surface area contributed by atoms with Gasteiger partial charge in [0, 0.05) is 17.1 Å². The van der Waals surface area contributed by atoms with Crippen LogP contribution in [0, 0.1) is 12.8 Å². The molecule has 0 radical (unpaired) electrons. The zero-order valence-electron chi connectivity index (χ0n) is 10.7. The number of rotatable bonds is 5. The van der Waals surface area contributed by atoms with Gasteiger partial charge in [0.25, 0.3) is 0 Å². The van der Waals surface area contributed by atoms with Crippen molar-refractivity contribution in [2.75, 3.05) is 0 Å². The van der Waals surface area contributed by atoms with E-state index in [0.29, 0.717) is 12.0 Å². The van der Waals surface area contributed by atoms with Gasteiger partial charge in [-0.05, 0) is 36.5 Å². The number of hydrogen-bond acceptors (Lipinski definition) is 1. The van der Waals surface area contributed by atoms with Gasteiger partial charge in [0.1, 0.15) is 0 Å². The molecule has 0 saturated heterocycles. The van der Waals surface area contributed by atoms with Crippen molar-refractivity contribution >= 4 is 15.9 Å². The Morgan fingerprint density at radius 3 is 2.50 bits per heavy atom. The van der Waals surface area contributed by atoms with Crippen LogP contribution in [0.1, 0.15) is 38.3 Å². The van der Waals surface area contributed by atoms with Crippen LogP contribution in [0.3, 0.4) is 0 Å². The van der Waals surface area contributed by atoms with Gasteiger partial charge in [-0.25, -0.2) is 0 Å². The molecule has 1 N–H and O–H groups in total. The minimum absolute atomic E-state index is 0.615. The Bertz CT molecular complexity index is 334. The van der Waals surface area contributed by atoms with Crippen LogP contribution in [-0.2, 0) is 6.54 Å². The summed E-state index contributed by atoms with van der Waals surface area (Å²) in [4.78, 5) is 0. The van der Waals surface area contributed by atoms with Crippen LogP contribution in [0.2, 0.25) is 0 Å². The molecule has 0 heterocycles. The summed E-state index contributed by atoms with van der Waals surface area (Å²) in [6.07, 6.45) is 1.19. The van der Waals surface area contributed by atoms with Crippen molar-refractivity contribution in [3.63, 3.8) is 0 Å². The van der Waals surface area contributed by atoms with Crippen molar-refractivity contribution in [3.05, 3.63) is 33.8 Å². The van der Waals surface area contributed by atoms with Crippen molar-refractivity contribution in [1.29, 1.82) is 0 Å². The minimum atomic E-state index is 0.615. The molecule has 16 heavy (non-hydrogen) atoms. The summed E-state index contributed by atoms with van der Waals surface area (Å²) in [7, 11) is 0. The molecule has 0 bridgehead atoms. The van der Waals surface area contributed by atoms with Crippen molar-refractivity contribution in [1.82, 2.24) is 5.32 Å². The monoisotopic (exact) mass is 283 g/mol. The predicted octanol–water partition coefficient (Wildman–Crippen LogP) is 4.28. The first-order valence-electron chi connectivity index (χ1n) is 6.03. The quantitative estimate of drug-likeness (QED) is 0.851. The lowest BCUT2D eigenvalue weighted by atomic mass is 10.0. The Labute approximate surface area is 108 Å². The Morgan fingerprint density at radius 1 is 1.31 bits per heavy atom. The van der Waals surface area contributed by atoms with Gasteiger partial charge in [0.15, 0.2) is 0 Å². The molecule has 0 aliphatic rings. The van der Waals surface area contributed by atoms with E-state index >= 15 is 0 Å². The van der Waals surface area contributed by atoms with E-state index in [2.05, 4.69) is 67.1 Å². The molecule has 1 unspecified atom stereocenters. The molecule has 0 amide bonds. The first-order chi connectivity index (χ1) is 7.54. The molecule has 1 aromatic rings. The van der Waals surface area contributed by atoms with Crippen molar-refractivity contribution in [2.45, 2.75) is 46.7 Å². The van der Waals surface area contributed by atoms with Gasteiger partial charge in [-0.1, -0.05) is 48.8 Å². The van der Waals surface area contributed by atoms with E-state index in [1.165, 1.54) is 22.0 Å². The lowest BCUT2D eigenvalue weighted by Crippen LogP contribution is -2.32. The first-order valence-corrected chi connectivity index (χ1v) is 6.82. The molecule has 0 spiro atoms. The van der Waals surface area contributed by atoms with Crippen LogP contribution in [0.5, 0.6) is 0 Å². The lowest BCUT2D eigenvalue weighted by Gasteiger charge is -2.21. The maximum atomic E-state index is 3.62. The standard InChI is InChI=1S/C14H22BrN/c1-5-14(10(2)3)16-9-12-6-7-13(15)11(4)8-12/h6-8,10,14,16H,5,9H2,1-4H3. The third kappa shape index (κ3) is 3.91. The second-order valence-electron chi connectivity index (χ2n) is 4.72. The number of benzene rings is 1. The Kier molecular flexibility index (Phi) is 5.50. The average molecular weight is 284 g/mol. The number of nitrogens with one attached hydrogen (secondary N) is 1. The highest BCUT2D eigenvalue weighted by molar-refractivity contribution is 9.10. The van der Waals surface area contributed by atoms with Gasteiger partial charge >= 0.3 is 0 Å². The predicted molar refractivity (Wildman–Crippen MR) is 74.6 cm³/mol. The van der Waals surface area contributed by atoms with Crippen LogP contribution in [0.15, 0.2) is 22.7 Å². The van der Waals surface area contributed by atoms with E-state index in [1.807, 2.05) is 0 Å². The van der Waals surface area contributed by atoms with Gasteiger partial charge in [0.2, 0.25) is 0 Å². The summed E-state index contributed by atoms with van der Waals surface area (Å²) in [5.41, 5.74) is 2.66. The summed E-state index contributed by atoms with van der Waals surface area (Å²) < 4.78 is 1.19. The van der Waals surface area contributed by atoms with Crippen molar-refractivity contribution in [3.8, 4) is 0 Å². The zero-order chi connectivity index (χ0) is 12.1. The zero-order valence-corrected chi connectivity index (χ0v) is 12.3. The molecule has 2 heteroatoms. The van der Waals surface area contributed by atoms with Crippen molar-refractivity contribution < 1.29 is 0 Å². The van der Waals surface area contributed by atoms with Crippen LogP contribution in [-0.4, -0.2) is 6.04 Å². The van der Waals surface area contributed by atoms with Gasteiger partial charge in [-0.3, -0.25) is 0 Å². The highest BCUT2D eigenvalue weighted by Gasteiger charge is 2.09. The van der Waals surface area contributed by atoms with Gasteiger partial charge in [0.05, 0.1) is 0 Å². The van der Waals surface area contributed by atoms with E-state index in [0.717, 1.165) is 6.54 Å². The Morgan fingerprint density at radius 2 is 2.00 bits per heavy atom. The third-order valence-corrected chi connectivity index (χ3v) is 3.93. The fourth-order valence-electron chi connectivity index (χ4n) is 1.92. The topological polar surface area (TPSA) is 12.0 Å². The number of aryl methyl sites for hydroxylation is 1. The maximum Gasteiger partial charge on any atom is 0.0208 e. The molecule has 90 valence electrons. The molecule has 1 atom stereocenters. The summed E-state index contributed by atoms with van der Waals surface area (Å²) in [5, 5.41) is 3.62. The van der Waals surface area contributed by atoms with E-state index in [4.69, 9.17) is 0 Å². The summed E-state index contributed by atoms with van der Waals surface area (Å²) in [6.45, 7) is 9.88. The van der Waals surface area contributed by atoms with E-state index in [1.54, 1.807) is 0 Å². The van der Waals surface area contributed by atoms with Crippen LogP contribution in [0.4, 0.5) is 0 Å². The molecule has 0 aliphatic heterocycles. The van der Waals surface area contributed by atoms with Gasteiger partial charge < -0.3 is 5.32 Å². The fraction of sp³-hybridized carbons (Fsp3) is 0.571. The number of halogens is 1. The third-order valence-electron chi connectivity index (χ3n) is 3.04. The Hall–Kier alpha value is -0.340. The average Bonchev–Trinajstić information content (AvgIpc) is 2.23. The molecule has 0 saturated carbocycles. The molecule has 0 aliphatic carbocycles. The van der Waals surface area contributed by atoms with Gasteiger partial charge in [-0.15, -0.1) is 0 Å². The molecule has 0 aromatic heterocycles. The van der Waals surface area contributed by atoms with Crippen molar-refractivity contribution in [2.24, 2.45) is 5.92 Å². The highest BCUT2D eigenvalue weighted by Crippen LogP contribution is 2.17. The SMILES string of the molecule is CCC(NCc1ccc(Br)c(C)c1)C(C)C. The normalized spacial score (nSPS) is 13.1.